The molecule has 2 aromatic rings. The van der Waals surface area contributed by atoms with E-state index in [-0.39, 0.29) is 19.2 Å². The number of amides is 1. The molecule has 0 radical (unpaired) electrons. The molecule has 0 aliphatic carbocycles. The van der Waals surface area contributed by atoms with E-state index < -0.39 is 15.9 Å². The van der Waals surface area contributed by atoms with Crippen LogP contribution in [0.25, 0.3) is 0 Å². The molecule has 1 amide bonds. The van der Waals surface area contributed by atoms with Gasteiger partial charge in [0.25, 0.3) is 0 Å². The number of nitrogens with one attached hydrogen (secondary N) is 1. The molecule has 3 rings (SSSR count). The van der Waals surface area contributed by atoms with Crippen molar-refractivity contribution in [1.82, 2.24) is 5.32 Å². The predicted octanol–water partition coefficient (Wildman–Crippen LogP) is 1.81. The van der Waals surface area contributed by atoms with Crippen LogP contribution < -0.4 is 23.8 Å². The first-order chi connectivity index (χ1) is 13.9. The van der Waals surface area contributed by atoms with Gasteiger partial charge in [0.2, 0.25) is 15.9 Å². The third kappa shape index (κ3) is 5.54. The van der Waals surface area contributed by atoms with E-state index in [2.05, 4.69) is 5.32 Å². The van der Waals surface area contributed by atoms with E-state index in [0.29, 0.717) is 36.1 Å². The molecular weight excluding hydrogens is 396 g/mol. The van der Waals surface area contributed by atoms with E-state index in [9.17, 15) is 13.2 Å². The smallest absolute Gasteiger partial charge is 0.240 e. The van der Waals surface area contributed by atoms with Crippen LogP contribution in [0.2, 0.25) is 0 Å². The Morgan fingerprint density at radius 3 is 2.52 bits per heavy atom. The topological polar surface area (TPSA) is 94.2 Å². The van der Waals surface area contributed by atoms with E-state index in [1.54, 1.807) is 30.3 Å². The first-order valence-electron chi connectivity index (χ1n) is 9.22. The molecule has 1 aliphatic rings. The van der Waals surface area contributed by atoms with Crippen LogP contribution in [0.15, 0.2) is 48.5 Å². The van der Waals surface area contributed by atoms with Crippen molar-refractivity contribution < 1.29 is 27.4 Å². The number of nitrogens with zero attached hydrogens (tertiary/aromatic N) is 1. The van der Waals surface area contributed by atoms with Crippen molar-refractivity contribution in [2.45, 2.75) is 13.0 Å². The summed E-state index contributed by atoms with van der Waals surface area (Å²) in [5, 5.41) is 2.71. The minimum Gasteiger partial charge on any atom is -0.494 e. The molecule has 1 N–H and O–H groups in total. The number of fused-ring (bicyclic) bond motifs is 1. The van der Waals surface area contributed by atoms with Crippen molar-refractivity contribution in [3.63, 3.8) is 0 Å². The number of sulfonamides is 1. The Hall–Kier alpha value is -2.94. The highest BCUT2D eigenvalue weighted by Gasteiger charge is 2.24. The molecule has 8 nitrogen and oxygen atoms in total. The number of benzene rings is 2. The van der Waals surface area contributed by atoms with Crippen molar-refractivity contribution in [1.29, 1.82) is 0 Å². The van der Waals surface area contributed by atoms with E-state index >= 15 is 0 Å². The number of carbonyl (C=O) groups excluding carboxylic acids is 1. The molecule has 1 unspecified atom stereocenters. The lowest BCUT2D eigenvalue weighted by molar-refractivity contribution is -0.120. The summed E-state index contributed by atoms with van der Waals surface area (Å²) in [4.78, 5) is 12.4. The van der Waals surface area contributed by atoms with Gasteiger partial charge in [-0.15, -0.1) is 0 Å². The Bertz CT molecular complexity index is 946. The first kappa shape index (κ1) is 20.8. The summed E-state index contributed by atoms with van der Waals surface area (Å²) in [7, 11) is -3.65. The number of carbonyl (C=O) groups is 1. The van der Waals surface area contributed by atoms with Crippen molar-refractivity contribution in [3.8, 4) is 17.2 Å². The molecule has 1 aliphatic heterocycles. The zero-order valence-electron chi connectivity index (χ0n) is 16.3. The number of hydrogen-bond acceptors (Lipinski definition) is 6. The number of hydrogen-bond donors (Lipinski definition) is 1. The fraction of sp³-hybridized carbons (Fsp3) is 0.350. The minimum atomic E-state index is -3.65. The molecule has 2 aromatic carbocycles. The van der Waals surface area contributed by atoms with Crippen molar-refractivity contribution in [2.75, 3.05) is 36.9 Å². The van der Waals surface area contributed by atoms with Gasteiger partial charge in [-0.1, -0.05) is 12.1 Å². The van der Waals surface area contributed by atoms with E-state index in [0.717, 1.165) is 10.6 Å². The minimum absolute atomic E-state index is 0.202. The molecule has 0 bridgehead atoms. The van der Waals surface area contributed by atoms with Crippen LogP contribution in [-0.2, 0) is 14.8 Å². The highest BCUT2D eigenvalue weighted by Crippen LogP contribution is 2.30. The molecule has 0 fully saturated rings. The summed E-state index contributed by atoms with van der Waals surface area (Å²) in [6, 6.07) is 13.8. The van der Waals surface area contributed by atoms with Gasteiger partial charge in [0.15, 0.2) is 11.5 Å². The van der Waals surface area contributed by atoms with Crippen LogP contribution in [-0.4, -0.2) is 53.0 Å². The van der Waals surface area contributed by atoms with Gasteiger partial charge in [-0.05, 0) is 43.3 Å². The summed E-state index contributed by atoms with van der Waals surface area (Å²) in [6.45, 7) is 2.53. The lowest BCUT2D eigenvalue weighted by Crippen LogP contribution is -2.45. The number of rotatable bonds is 8. The second-order valence-corrected chi connectivity index (χ2v) is 8.41. The molecule has 0 saturated carbocycles. The van der Waals surface area contributed by atoms with Gasteiger partial charge in [0.05, 0.1) is 25.1 Å². The Kier molecular flexibility index (Phi) is 6.48. The van der Waals surface area contributed by atoms with Gasteiger partial charge in [0.1, 0.15) is 25.0 Å². The summed E-state index contributed by atoms with van der Waals surface area (Å²) in [6.07, 6.45) is 0.706. The zero-order chi connectivity index (χ0) is 20.9. The highest BCUT2D eigenvalue weighted by atomic mass is 32.2. The normalized spacial score (nSPS) is 15.4. The van der Waals surface area contributed by atoms with Crippen LogP contribution in [0.5, 0.6) is 17.2 Å². The summed E-state index contributed by atoms with van der Waals surface area (Å²) >= 11 is 0. The van der Waals surface area contributed by atoms with Crippen LogP contribution in [0, 0.1) is 0 Å². The second-order valence-electron chi connectivity index (χ2n) is 6.50. The molecule has 0 saturated heterocycles. The van der Waals surface area contributed by atoms with Gasteiger partial charge < -0.3 is 19.5 Å². The zero-order valence-corrected chi connectivity index (χ0v) is 17.1. The molecule has 156 valence electrons. The van der Waals surface area contributed by atoms with Crippen LogP contribution >= 0.6 is 0 Å². The quantitative estimate of drug-likeness (QED) is 0.700. The molecular formula is C20H24N2O6S. The highest BCUT2D eigenvalue weighted by molar-refractivity contribution is 7.92. The summed E-state index contributed by atoms with van der Waals surface area (Å²) < 4.78 is 42.2. The van der Waals surface area contributed by atoms with Crippen LogP contribution in [0.4, 0.5) is 5.69 Å². The fourth-order valence-electron chi connectivity index (χ4n) is 2.85. The Morgan fingerprint density at radius 2 is 1.86 bits per heavy atom. The third-order valence-electron chi connectivity index (χ3n) is 4.22. The predicted molar refractivity (Wildman–Crippen MR) is 109 cm³/mol. The molecule has 1 heterocycles. The number of anilines is 1. The standard InChI is InChI=1S/C20H24N2O6S/c1-3-26-16-10-8-15(9-11-16)22(29(2,24)25)13-20(23)21-12-17-14-27-18-6-4-5-7-19(18)28-17/h4-11,17H,3,12-14H2,1-2H3,(H,21,23). The largest absolute Gasteiger partial charge is 0.494 e. The SMILES string of the molecule is CCOc1ccc(N(CC(=O)NCC2COc3ccccc3O2)S(C)(=O)=O)cc1. The average molecular weight is 420 g/mol. The molecule has 1 atom stereocenters. The van der Waals surface area contributed by atoms with E-state index in [1.807, 2.05) is 25.1 Å². The first-order valence-corrected chi connectivity index (χ1v) is 11.1. The Labute approximate surface area is 170 Å². The van der Waals surface area contributed by atoms with Crippen molar-refractivity contribution in [2.24, 2.45) is 0 Å². The van der Waals surface area contributed by atoms with Crippen molar-refractivity contribution >= 4 is 21.6 Å². The number of ether oxygens (including phenoxy) is 3. The van der Waals surface area contributed by atoms with Gasteiger partial charge in [-0.25, -0.2) is 8.42 Å². The second kappa shape index (κ2) is 9.04. The maximum absolute atomic E-state index is 12.4. The molecule has 29 heavy (non-hydrogen) atoms. The lowest BCUT2D eigenvalue weighted by Gasteiger charge is -2.27. The van der Waals surface area contributed by atoms with Crippen LogP contribution in [0.3, 0.4) is 0 Å². The summed E-state index contributed by atoms with van der Waals surface area (Å²) in [5.41, 5.74) is 0.386. The average Bonchev–Trinajstić information content (AvgIpc) is 2.70. The van der Waals surface area contributed by atoms with Gasteiger partial charge in [-0.3, -0.25) is 9.10 Å². The van der Waals surface area contributed by atoms with Gasteiger partial charge >= 0.3 is 0 Å². The Morgan fingerprint density at radius 1 is 1.17 bits per heavy atom. The van der Waals surface area contributed by atoms with Gasteiger partial charge in [-0.2, -0.15) is 0 Å². The third-order valence-corrected chi connectivity index (χ3v) is 5.36. The monoisotopic (exact) mass is 420 g/mol. The fourth-order valence-corrected chi connectivity index (χ4v) is 3.71. The Balaban J connectivity index is 1.59. The maximum atomic E-state index is 12.4. The lowest BCUT2D eigenvalue weighted by atomic mass is 10.2. The number of para-hydroxylation sites is 2. The summed E-state index contributed by atoms with van der Waals surface area (Å²) in [5.74, 6) is 1.47. The van der Waals surface area contributed by atoms with E-state index in [1.165, 1.54) is 0 Å². The van der Waals surface area contributed by atoms with E-state index in [4.69, 9.17) is 14.2 Å². The van der Waals surface area contributed by atoms with Crippen molar-refractivity contribution in [3.05, 3.63) is 48.5 Å². The maximum Gasteiger partial charge on any atom is 0.240 e. The van der Waals surface area contributed by atoms with Gasteiger partial charge in [0, 0.05) is 0 Å². The van der Waals surface area contributed by atoms with Crippen LogP contribution in [0.1, 0.15) is 6.92 Å². The molecule has 9 heteroatoms. The molecule has 0 aromatic heterocycles. The molecule has 0 spiro atoms.